The average Bonchev–Trinajstić information content (AvgIpc) is 2.78. The Labute approximate surface area is 182 Å². The molecule has 0 fully saturated rings. The zero-order chi connectivity index (χ0) is 22.6. The van der Waals surface area contributed by atoms with Crippen molar-refractivity contribution in [2.45, 2.75) is 30.7 Å². The van der Waals surface area contributed by atoms with Crippen molar-refractivity contribution >= 4 is 16.0 Å². The lowest BCUT2D eigenvalue weighted by Gasteiger charge is -2.36. The van der Waals surface area contributed by atoms with Crippen LogP contribution in [0.1, 0.15) is 30.5 Å². The maximum absolute atomic E-state index is 13.5. The van der Waals surface area contributed by atoms with E-state index in [2.05, 4.69) is 0 Å². The second-order valence-corrected chi connectivity index (χ2v) is 8.86. The normalized spacial score (nSPS) is 16.3. The summed E-state index contributed by atoms with van der Waals surface area (Å²) in [7, 11) is 0.698. The molecule has 2 aromatic carbocycles. The summed E-state index contributed by atoms with van der Waals surface area (Å²) in [6.07, 6.45) is 0.371. The Balaban J connectivity index is 2.07. The van der Waals surface area contributed by atoms with Gasteiger partial charge in [-0.25, -0.2) is 8.42 Å². The smallest absolute Gasteiger partial charge is 0.307 e. The molecule has 0 amide bonds. The largest absolute Gasteiger partial charge is 0.497 e. The molecule has 0 saturated carbocycles. The predicted octanol–water partition coefficient (Wildman–Crippen LogP) is 2.95. The van der Waals surface area contributed by atoms with E-state index in [1.54, 1.807) is 32.2 Å². The zero-order valence-corrected chi connectivity index (χ0v) is 18.9. The van der Waals surface area contributed by atoms with Crippen molar-refractivity contribution in [2.24, 2.45) is 0 Å². The molecule has 0 aromatic heterocycles. The van der Waals surface area contributed by atoms with Gasteiger partial charge in [-0.15, -0.1) is 0 Å². The number of carbonyl (C=O) groups is 1. The molecule has 0 N–H and O–H groups in total. The van der Waals surface area contributed by atoms with Crippen molar-refractivity contribution in [2.75, 3.05) is 34.5 Å². The zero-order valence-electron chi connectivity index (χ0n) is 18.1. The SMILES string of the molecule is CCOC(=O)C[C@@H]1c2cc(OC)c(OC)cc2CCN1S(=O)(=O)c1ccc(OC)cc1. The van der Waals surface area contributed by atoms with Gasteiger partial charge in [-0.05, 0) is 60.9 Å². The van der Waals surface area contributed by atoms with Gasteiger partial charge in [0.1, 0.15) is 5.75 Å². The van der Waals surface area contributed by atoms with Gasteiger partial charge in [0.25, 0.3) is 0 Å². The van der Waals surface area contributed by atoms with E-state index >= 15 is 0 Å². The molecule has 0 aliphatic carbocycles. The van der Waals surface area contributed by atoms with E-state index in [1.165, 1.54) is 30.7 Å². The van der Waals surface area contributed by atoms with Gasteiger partial charge in [0, 0.05) is 6.54 Å². The third-order valence-electron chi connectivity index (χ3n) is 5.28. The summed E-state index contributed by atoms with van der Waals surface area (Å²) < 4.78 is 49.4. The Morgan fingerprint density at radius 3 is 2.26 bits per heavy atom. The van der Waals surface area contributed by atoms with Crippen molar-refractivity contribution in [3.63, 3.8) is 0 Å². The van der Waals surface area contributed by atoms with Gasteiger partial charge in [0.05, 0.1) is 45.3 Å². The van der Waals surface area contributed by atoms with Gasteiger partial charge >= 0.3 is 5.97 Å². The van der Waals surface area contributed by atoms with Crippen LogP contribution in [0.4, 0.5) is 0 Å². The number of fused-ring (bicyclic) bond motifs is 1. The number of hydrogen-bond acceptors (Lipinski definition) is 7. The van der Waals surface area contributed by atoms with Crippen LogP contribution in [0.2, 0.25) is 0 Å². The van der Waals surface area contributed by atoms with Crippen molar-refractivity contribution in [1.29, 1.82) is 0 Å². The first kappa shape index (κ1) is 22.9. The summed E-state index contributed by atoms with van der Waals surface area (Å²) >= 11 is 0. The molecule has 2 aromatic rings. The summed E-state index contributed by atoms with van der Waals surface area (Å²) in [5, 5.41) is 0. The highest BCUT2D eigenvalue weighted by atomic mass is 32.2. The standard InChI is InChI=1S/C22H27NO7S/c1-5-30-22(24)14-19-18-13-21(29-4)20(28-3)12-15(18)10-11-23(19)31(25,26)17-8-6-16(27-2)7-9-17/h6-9,12-13,19H,5,10-11,14H2,1-4H3/t19-/m1/s1. The summed E-state index contributed by atoms with van der Waals surface area (Å²) in [5.41, 5.74) is 1.61. The highest BCUT2D eigenvalue weighted by Crippen LogP contribution is 2.41. The molecule has 0 saturated heterocycles. The molecular weight excluding hydrogens is 422 g/mol. The van der Waals surface area contributed by atoms with Gasteiger partial charge in [-0.1, -0.05) is 0 Å². The number of benzene rings is 2. The van der Waals surface area contributed by atoms with Crippen LogP contribution in [0.5, 0.6) is 17.2 Å². The van der Waals surface area contributed by atoms with Crippen LogP contribution in [0.15, 0.2) is 41.3 Å². The molecule has 8 nitrogen and oxygen atoms in total. The Kier molecular flexibility index (Phi) is 7.07. The van der Waals surface area contributed by atoms with Crippen LogP contribution >= 0.6 is 0 Å². The fraction of sp³-hybridized carbons (Fsp3) is 0.409. The number of methoxy groups -OCH3 is 3. The molecule has 0 spiro atoms. The minimum atomic E-state index is -3.88. The molecule has 0 radical (unpaired) electrons. The maximum atomic E-state index is 13.5. The Hall–Kier alpha value is -2.78. The van der Waals surface area contributed by atoms with Gasteiger partial charge in [-0.3, -0.25) is 4.79 Å². The van der Waals surface area contributed by atoms with E-state index in [0.29, 0.717) is 29.2 Å². The van der Waals surface area contributed by atoms with E-state index in [4.69, 9.17) is 18.9 Å². The van der Waals surface area contributed by atoms with Gasteiger partial charge in [-0.2, -0.15) is 4.31 Å². The molecule has 31 heavy (non-hydrogen) atoms. The number of nitrogens with zero attached hydrogens (tertiary/aromatic N) is 1. The first-order chi connectivity index (χ1) is 14.8. The van der Waals surface area contributed by atoms with E-state index in [-0.39, 0.29) is 24.5 Å². The Morgan fingerprint density at radius 1 is 1.03 bits per heavy atom. The lowest BCUT2D eigenvalue weighted by atomic mass is 9.91. The molecule has 1 aliphatic heterocycles. The quantitative estimate of drug-likeness (QED) is 0.572. The Morgan fingerprint density at radius 2 is 1.68 bits per heavy atom. The topological polar surface area (TPSA) is 91.4 Å². The molecule has 1 aliphatic rings. The number of carbonyl (C=O) groups excluding carboxylic acids is 1. The first-order valence-corrected chi connectivity index (χ1v) is 11.4. The molecule has 168 valence electrons. The summed E-state index contributed by atoms with van der Waals surface area (Å²) in [6, 6.07) is 9.05. The number of esters is 1. The van der Waals surface area contributed by atoms with E-state index in [0.717, 1.165) is 5.56 Å². The van der Waals surface area contributed by atoms with Crippen LogP contribution in [0.25, 0.3) is 0 Å². The molecule has 1 atom stereocenters. The summed E-state index contributed by atoms with van der Waals surface area (Å²) in [4.78, 5) is 12.5. The molecule has 0 unspecified atom stereocenters. The Bertz CT molecular complexity index is 1030. The van der Waals surface area contributed by atoms with Crippen LogP contribution in [0, 0.1) is 0 Å². The van der Waals surface area contributed by atoms with E-state index < -0.39 is 22.0 Å². The fourth-order valence-corrected chi connectivity index (χ4v) is 5.37. The minimum Gasteiger partial charge on any atom is -0.497 e. The lowest BCUT2D eigenvalue weighted by molar-refractivity contribution is -0.144. The summed E-state index contributed by atoms with van der Waals surface area (Å²) in [5.74, 6) is 1.12. The number of ether oxygens (including phenoxy) is 4. The van der Waals surface area contributed by atoms with Crippen molar-refractivity contribution in [3.8, 4) is 17.2 Å². The predicted molar refractivity (Wildman–Crippen MR) is 114 cm³/mol. The average molecular weight is 450 g/mol. The van der Waals surface area contributed by atoms with Crippen molar-refractivity contribution < 1.29 is 32.2 Å². The lowest BCUT2D eigenvalue weighted by Crippen LogP contribution is -2.41. The number of sulfonamides is 1. The molecule has 9 heteroatoms. The summed E-state index contributed by atoms with van der Waals surface area (Å²) in [6.45, 7) is 2.16. The van der Waals surface area contributed by atoms with Gasteiger partial charge < -0.3 is 18.9 Å². The van der Waals surface area contributed by atoms with Crippen molar-refractivity contribution in [3.05, 3.63) is 47.5 Å². The van der Waals surface area contributed by atoms with E-state index in [9.17, 15) is 13.2 Å². The van der Waals surface area contributed by atoms with Crippen LogP contribution < -0.4 is 14.2 Å². The highest BCUT2D eigenvalue weighted by Gasteiger charge is 2.38. The number of hydrogen-bond donors (Lipinski definition) is 0. The van der Waals surface area contributed by atoms with Crippen LogP contribution in [-0.2, 0) is 26.0 Å². The first-order valence-electron chi connectivity index (χ1n) is 9.92. The second-order valence-electron chi connectivity index (χ2n) is 6.97. The third kappa shape index (κ3) is 4.62. The fourth-order valence-electron chi connectivity index (χ4n) is 3.77. The highest BCUT2D eigenvalue weighted by molar-refractivity contribution is 7.89. The maximum Gasteiger partial charge on any atom is 0.307 e. The van der Waals surface area contributed by atoms with E-state index in [1.807, 2.05) is 6.07 Å². The van der Waals surface area contributed by atoms with Gasteiger partial charge in [0.15, 0.2) is 11.5 Å². The van der Waals surface area contributed by atoms with Crippen LogP contribution in [-0.4, -0.2) is 53.2 Å². The van der Waals surface area contributed by atoms with Gasteiger partial charge in [0.2, 0.25) is 10.0 Å². The molecule has 0 bridgehead atoms. The third-order valence-corrected chi connectivity index (χ3v) is 7.21. The second kappa shape index (κ2) is 9.57. The molecular formula is C22H27NO7S. The molecule has 1 heterocycles. The monoisotopic (exact) mass is 449 g/mol. The number of rotatable bonds is 8. The minimum absolute atomic E-state index is 0.105. The molecule has 3 rings (SSSR count). The van der Waals surface area contributed by atoms with Crippen molar-refractivity contribution in [1.82, 2.24) is 4.31 Å². The van der Waals surface area contributed by atoms with Crippen LogP contribution in [0.3, 0.4) is 0 Å².